The maximum Gasteiger partial charge on any atom is 0.522 e. The van der Waals surface area contributed by atoms with Gasteiger partial charge in [0, 0.05) is 12.1 Å². The van der Waals surface area contributed by atoms with Crippen molar-refractivity contribution >= 4 is 11.9 Å². The van der Waals surface area contributed by atoms with Crippen LogP contribution in [0.1, 0.15) is 19.4 Å². The van der Waals surface area contributed by atoms with Crippen LogP contribution in [0.15, 0.2) is 28.7 Å². The predicted molar refractivity (Wildman–Crippen MR) is 89.7 cm³/mol. The average molecular weight is 384 g/mol. The molecule has 0 bridgehead atoms. The van der Waals surface area contributed by atoms with E-state index >= 15 is 0 Å². The Labute approximate surface area is 153 Å². The van der Waals surface area contributed by atoms with Gasteiger partial charge in [0.25, 0.3) is 0 Å². The fraction of sp³-hybridized carbons (Fsp3) is 0.471. The van der Waals surface area contributed by atoms with Crippen LogP contribution in [0.3, 0.4) is 0 Å². The van der Waals surface area contributed by atoms with Gasteiger partial charge in [-0.3, -0.25) is 9.53 Å². The van der Waals surface area contributed by atoms with E-state index in [1.165, 1.54) is 11.8 Å². The van der Waals surface area contributed by atoms with Gasteiger partial charge in [-0.25, -0.2) is 0 Å². The highest BCUT2D eigenvalue weighted by Gasteiger charge is 2.46. The van der Waals surface area contributed by atoms with Crippen molar-refractivity contribution in [3.05, 3.63) is 29.8 Å². The SMILES string of the molecule is Cc1ccc(-c2nnc(N[C@H](C)C(=O)N3C[C@@H](OC(F)(F)F)[C@@H]3C)o2)cc1. The first-order valence-corrected chi connectivity index (χ1v) is 8.36. The van der Waals surface area contributed by atoms with Crippen molar-refractivity contribution in [2.45, 2.75) is 45.3 Å². The van der Waals surface area contributed by atoms with E-state index in [9.17, 15) is 18.0 Å². The molecule has 27 heavy (non-hydrogen) atoms. The maximum absolute atomic E-state index is 12.4. The molecule has 1 aromatic carbocycles. The lowest BCUT2D eigenvalue weighted by Gasteiger charge is -2.46. The lowest BCUT2D eigenvalue weighted by molar-refractivity contribution is -0.359. The molecule has 3 atom stereocenters. The first-order valence-electron chi connectivity index (χ1n) is 8.36. The summed E-state index contributed by atoms with van der Waals surface area (Å²) in [6, 6.07) is 6.13. The highest BCUT2D eigenvalue weighted by Crippen LogP contribution is 2.29. The first kappa shape index (κ1) is 19.2. The number of ether oxygens (including phenoxy) is 1. The Morgan fingerprint density at radius 3 is 2.59 bits per heavy atom. The minimum absolute atomic E-state index is 0.0580. The first-order chi connectivity index (χ1) is 12.6. The number of hydrogen-bond acceptors (Lipinski definition) is 6. The molecule has 0 radical (unpaired) electrons. The number of hydrogen-bond donors (Lipinski definition) is 1. The number of benzene rings is 1. The van der Waals surface area contributed by atoms with E-state index in [0.29, 0.717) is 5.89 Å². The van der Waals surface area contributed by atoms with Gasteiger partial charge < -0.3 is 14.6 Å². The molecule has 0 aliphatic carbocycles. The van der Waals surface area contributed by atoms with Crippen LogP contribution in [0, 0.1) is 6.92 Å². The Bertz CT molecular complexity index is 807. The number of aryl methyl sites for hydroxylation is 1. The molecule has 1 amide bonds. The van der Waals surface area contributed by atoms with Crippen molar-refractivity contribution in [2.24, 2.45) is 0 Å². The van der Waals surface area contributed by atoms with Gasteiger partial charge in [-0.15, -0.1) is 18.3 Å². The fourth-order valence-electron chi connectivity index (χ4n) is 2.76. The topological polar surface area (TPSA) is 80.5 Å². The molecule has 1 saturated heterocycles. The fourth-order valence-corrected chi connectivity index (χ4v) is 2.76. The normalized spacial score (nSPS) is 20.9. The second kappa shape index (κ2) is 7.18. The molecule has 10 heteroatoms. The highest BCUT2D eigenvalue weighted by molar-refractivity contribution is 5.84. The van der Waals surface area contributed by atoms with E-state index in [4.69, 9.17) is 4.42 Å². The molecule has 0 saturated carbocycles. The molecule has 7 nitrogen and oxygen atoms in total. The number of carbonyl (C=O) groups excluding carboxylic acids is 1. The van der Waals surface area contributed by atoms with E-state index in [-0.39, 0.29) is 18.5 Å². The zero-order valence-electron chi connectivity index (χ0n) is 14.9. The van der Waals surface area contributed by atoms with Gasteiger partial charge in [-0.1, -0.05) is 22.8 Å². The number of halogens is 3. The largest absolute Gasteiger partial charge is 0.522 e. The maximum atomic E-state index is 12.4. The Hall–Kier alpha value is -2.62. The van der Waals surface area contributed by atoms with Crippen LogP contribution >= 0.6 is 0 Å². The second-order valence-corrected chi connectivity index (χ2v) is 6.48. The van der Waals surface area contributed by atoms with Crippen LogP contribution in [-0.4, -0.2) is 52.1 Å². The van der Waals surface area contributed by atoms with Crippen LogP contribution in [0.4, 0.5) is 19.2 Å². The van der Waals surface area contributed by atoms with Gasteiger partial charge in [-0.05, 0) is 32.9 Å². The van der Waals surface area contributed by atoms with E-state index in [1.807, 2.05) is 31.2 Å². The van der Waals surface area contributed by atoms with Crippen molar-refractivity contribution in [3.63, 3.8) is 0 Å². The molecule has 2 aromatic rings. The molecular weight excluding hydrogens is 365 g/mol. The van der Waals surface area contributed by atoms with Crippen molar-refractivity contribution < 1.29 is 27.1 Å². The van der Waals surface area contributed by atoms with Crippen LogP contribution in [0.2, 0.25) is 0 Å². The molecule has 1 aromatic heterocycles. The molecule has 0 spiro atoms. The van der Waals surface area contributed by atoms with Gasteiger partial charge in [-0.2, -0.15) is 0 Å². The number of alkyl halides is 3. The van der Waals surface area contributed by atoms with Crippen molar-refractivity contribution in [3.8, 4) is 11.5 Å². The summed E-state index contributed by atoms with van der Waals surface area (Å²) in [7, 11) is 0. The summed E-state index contributed by atoms with van der Waals surface area (Å²) in [5.41, 5.74) is 1.83. The molecule has 146 valence electrons. The zero-order valence-corrected chi connectivity index (χ0v) is 14.9. The smallest absolute Gasteiger partial charge is 0.403 e. The quantitative estimate of drug-likeness (QED) is 0.854. The highest BCUT2D eigenvalue weighted by atomic mass is 19.4. The molecule has 1 aliphatic heterocycles. The third kappa shape index (κ3) is 4.38. The molecular formula is C17H19F3N4O3. The number of aromatic nitrogens is 2. The third-order valence-electron chi connectivity index (χ3n) is 4.41. The lowest BCUT2D eigenvalue weighted by Crippen LogP contribution is -2.64. The van der Waals surface area contributed by atoms with E-state index in [2.05, 4.69) is 20.3 Å². The van der Waals surface area contributed by atoms with E-state index in [0.717, 1.165) is 11.1 Å². The molecule has 3 rings (SSSR count). The average Bonchev–Trinajstić information content (AvgIpc) is 3.05. The summed E-state index contributed by atoms with van der Waals surface area (Å²) in [4.78, 5) is 13.7. The molecule has 1 fully saturated rings. The van der Waals surface area contributed by atoms with Crippen LogP contribution < -0.4 is 5.32 Å². The van der Waals surface area contributed by atoms with Crippen LogP contribution in [0.25, 0.3) is 11.5 Å². The lowest BCUT2D eigenvalue weighted by atomic mass is 10.00. The van der Waals surface area contributed by atoms with Gasteiger partial charge in [0.15, 0.2) is 0 Å². The Morgan fingerprint density at radius 2 is 2.00 bits per heavy atom. The van der Waals surface area contributed by atoms with Crippen molar-refractivity contribution in [1.29, 1.82) is 0 Å². The molecule has 1 N–H and O–H groups in total. The summed E-state index contributed by atoms with van der Waals surface area (Å²) < 4.78 is 46.3. The van der Waals surface area contributed by atoms with Gasteiger partial charge in [0.2, 0.25) is 11.8 Å². The van der Waals surface area contributed by atoms with E-state index in [1.54, 1.807) is 6.92 Å². The Kier molecular flexibility index (Phi) is 5.09. The number of likely N-dealkylation sites (tertiary alicyclic amines) is 1. The van der Waals surface area contributed by atoms with Crippen molar-refractivity contribution in [1.82, 2.24) is 15.1 Å². The van der Waals surface area contributed by atoms with Crippen molar-refractivity contribution in [2.75, 3.05) is 11.9 Å². The number of anilines is 1. The molecule has 0 unspecified atom stereocenters. The minimum atomic E-state index is -4.71. The minimum Gasteiger partial charge on any atom is -0.403 e. The Balaban J connectivity index is 1.57. The molecule has 1 aliphatic rings. The molecule has 2 heterocycles. The number of nitrogens with zero attached hydrogens (tertiary/aromatic N) is 3. The number of amides is 1. The Morgan fingerprint density at radius 1 is 1.33 bits per heavy atom. The summed E-state index contributed by atoms with van der Waals surface area (Å²) in [6.07, 6.45) is -5.77. The standard InChI is InChI=1S/C17H19F3N4O3/c1-9-4-6-12(7-5-9)14-22-23-16(26-14)21-10(2)15(25)24-8-13(11(24)3)27-17(18,19)20/h4-7,10-11,13H,8H2,1-3H3,(H,21,23)/t10-,11+,13-/m1/s1. The zero-order chi connectivity index (χ0) is 19.8. The number of nitrogens with one attached hydrogen (secondary N) is 1. The van der Waals surface area contributed by atoms with Crippen LogP contribution in [0.5, 0.6) is 0 Å². The third-order valence-corrected chi connectivity index (χ3v) is 4.41. The van der Waals surface area contributed by atoms with Gasteiger partial charge in [0.05, 0.1) is 6.04 Å². The monoisotopic (exact) mass is 384 g/mol. The predicted octanol–water partition coefficient (Wildman–Crippen LogP) is 2.98. The number of rotatable bonds is 5. The number of carbonyl (C=O) groups is 1. The second-order valence-electron chi connectivity index (χ2n) is 6.48. The van der Waals surface area contributed by atoms with Crippen LogP contribution in [-0.2, 0) is 9.53 Å². The summed E-state index contributed by atoms with van der Waals surface area (Å²) >= 11 is 0. The van der Waals surface area contributed by atoms with Gasteiger partial charge in [0.1, 0.15) is 12.1 Å². The summed E-state index contributed by atoms with van der Waals surface area (Å²) in [5, 5.41) is 10.6. The van der Waals surface area contributed by atoms with Gasteiger partial charge >= 0.3 is 12.4 Å². The summed E-state index contributed by atoms with van der Waals surface area (Å²) in [6.45, 7) is 4.92. The summed E-state index contributed by atoms with van der Waals surface area (Å²) in [5.74, 6) is -0.0762. The van der Waals surface area contributed by atoms with E-state index < -0.39 is 24.6 Å².